The van der Waals surface area contributed by atoms with Gasteiger partial charge in [0.05, 0.1) is 23.0 Å². The third kappa shape index (κ3) is 2.99. The van der Waals surface area contributed by atoms with Crippen molar-refractivity contribution in [3.63, 3.8) is 0 Å². The summed E-state index contributed by atoms with van der Waals surface area (Å²) in [4.78, 5) is 0. The fourth-order valence-corrected chi connectivity index (χ4v) is 6.24. The van der Waals surface area contributed by atoms with Crippen LogP contribution in [-0.2, 0) is 11.8 Å². The summed E-state index contributed by atoms with van der Waals surface area (Å²) in [5.41, 5.74) is 4.54. The maximum Gasteiger partial charge on any atom is 0.123 e. The number of aromatic nitrogens is 2. The van der Waals surface area contributed by atoms with Gasteiger partial charge in [0.2, 0.25) is 0 Å². The Labute approximate surface area is 177 Å². The second-order valence-electron chi connectivity index (χ2n) is 9.48. The monoisotopic (exact) mass is 406 g/mol. The van der Waals surface area contributed by atoms with Crippen LogP contribution in [-0.4, -0.2) is 20.5 Å². The molecule has 3 aromatic rings. The van der Waals surface area contributed by atoms with Gasteiger partial charge in [-0.15, -0.1) is 0 Å². The Hall–Kier alpha value is -2.20. The normalized spacial score (nSPS) is 28.7. The van der Waals surface area contributed by atoms with Gasteiger partial charge in [0.25, 0.3) is 0 Å². The lowest BCUT2D eigenvalue weighted by atomic mass is 9.56. The van der Waals surface area contributed by atoms with Gasteiger partial charge < -0.3 is 5.11 Å². The highest BCUT2D eigenvalue weighted by molar-refractivity contribution is 5.82. The van der Waals surface area contributed by atoms with E-state index in [0.29, 0.717) is 5.92 Å². The zero-order valence-corrected chi connectivity index (χ0v) is 18.0. The minimum absolute atomic E-state index is 0.152. The van der Waals surface area contributed by atoms with E-state index in [2.05, 4.69) is 31.1 Å². The molecule has 1 saturated carbocycles. The van der Waals surface area contributed by atoms with Crippen molar-refractivity contribution in [3.8, 4) is 5.69 Å². The Bertz CT molecular complexity index is 1070. The number of nitrogens with zero attached hydrogens (tertiary/aromatic N) is 2. The fraction of sp³-hybridized carbons (Fsp3) is 0.500. The number of fused-ring (bicyclic) bond motifs is 4. The Morgan fingerprint density at radius 1 is 1.13 bits per heavy atom. The molecule has 1 heterocycles. The van der Waals surface area contributed by atoms with Crippen molar-refractivity contribution in [2.24, 2.45) is 5.92 Å². The van der Waals surface area contributed by atoms with Crippen LogP contribution in [0.2, 0.25) is 0 Å². The van der Waals surface area contributed by atoms with Crippen LogP contribution in [0.15, 0.2) is 42.6 Å². The smallest absolute Gasteiger partial charge is 0.123 e. The number of halogens is 1. The highest BCUT2D eigenvalue weighted by Gasteiger charge is 2.49. The molecule has 0 spiro atoms. The number of benzene rings is 2. The zero-order valence-electron chi connectivity index (χ0n) is 18.0. The lowest BCUT2D eigenvalue weighted by Gasteiger charge is -2.50. The minimum Gasteiger partial charge on any atom is -0.390 e. The molecule has 1 N–H and O–H groups in total. The maximum atomic E-state index is 13.4. The van der Waals surface area contributed by atoms with Crippen LogP contribution in [0.5, 0.6) is 0 Å². The predicted molar refractivity (Wildman–Crippen MR) is 119 cm³/mol. The van der Waals surface area contributed by atoms with Gasteiger partial charge in [0.1, 0.15) is 5.82 Å². The Morgan fingerprint density at radius 2 is 1.93 bits per heavy atom. The maximum absolute atomic E-state index is 13.4. The first kappa shape index (κ1) is 19.7. The molecule has 0 radical (unpaired) electrons. The molecule has 0 unspecified atom stereocenters. The lowest BCUT2D eigenvalue weighted by Crippen LogP contribution is -2.47. The molecule has 3 atom stereocenters. The van der Waals surface area contributed by atoms with E-state index in [1.807, 2.05) is 10.9 Å². The van der Waals surface area contributed by atoms with Crippen molar-refractivity contribution in [2.45, 2.75) is 76.2 Å². The summed E-state index contributed by atoms with van der Waals surface area (Å²) in [5.74, 6) is 0.302. The number of hydrogen-bond donors (Lipinski definition) is 1. The highest BCUT2D eigenvalue weighted by Crippen LogP contribution is 2.54. The molecular formula is C26H31FN2O. The van der Waals surface area contributed by atoms with Crippen molar-refractivity contribution in [1.82, 2.24) is 9.78 Å². The van der Waals surface area contributed by atoms with E-state index in [0.717, 1.165) is 61.5 Å². The van der Waals surface area contributed by atoms with Gasteiger partial charge in [-0.2, -0.15) is 5.10 Å². The summed E-state index contributed by atoms with van der Waals surface area (Å²) >= 11 is 0. The van der Waals surface area contributed by atoms with Gasteiger partial charge in [0.15, 0.2) is 0 Å². The average Bonchev–Trinajstić information content (AvgIpc) is 3.10. The van der Waals surface area contributed by atoms with Crippen molar-refractivity contribution in [1.29, 1.82) is 0 Å². The van der Waals surface area contributed by atoms with E-state index in [1.165, 1.54) is 29.7 Å². The van der Waals surface area contributed by atoms with Crippen LogP contribution in [0.25, 0.3) is 16.6 Å². The fourth-order valence-electron chi connectivity index (χ4n) is 6.24. The zero-order chi connectivity index (χ0) is 20.9. The van der Waals surface area contributed by atoms with Crippen LogP contribution >= 0.6 is 0 Å². The van der Waals surface area contributed by atoms with E-state index < -0.39 is 5.60 Å². The molecular weight excluding hydrogens is 375 g/mol. The molecule has 1 fully saturated rings. The Kier molecular flexibility index (Phi) is 4.73. The Morgan fingerprint density at radius 3 is 2.67 bits per heavy atom. The molecule has 2 aliphatic rings. The molecule has 30 heavy (non-hydrogen) atoms. The van der Waals surface area contributed by atoms with Gasteiger partial charge in [-0.1, -0.05) is 13.8 Å². The van der Waals surface area contributed by atoms with E-state index in [1.54, 1.807) is 12.1 Å². The van der Waals surface area contributed by atoms with Crippen molar-refractivity contribution >= 4 is 10.9 Å². The molecule has 2 aliphatic carbocycles. The molecule has 0 bridgehead atoms. The van der Waals surface area contributed by atoms with E-state index in [-0.39, 0.29) is 11.2 Å². The van der Waals surface area contributed by atoms with E-state index in [4.69, 9.17) is 0 Å². The standard InChI is InChI=1S/C26H31FN2O/c1-3-25(30)12-13-26(4-2)20(16-25)7-5-6-18-15-24-19(14-23(18)26)17-28-29(24)22-10-8-21(27)9-11-22/h8-11,14-15,17,20,30H,3-7,12-13,16H2,1-2H3/t20-,25-,26-/m1/s1. The molecule has 2 aromatic carbocycles. The first-order chi connectivity index (χ1) is 14.5. The minimum atomic E-state index is -0.495. The number of aliphatic hydroxyl groups is 1. The number of aryl methyl sites for hydroxylation is 1. The quantitative estimate of drug-likeness (QED) is 0.571. The van der Waals surface area contributed by atoms with Gasteiger partial charge in [-0.05, 0) is 110 Å². The van der Waals surface area contributed by atoms with Gasteiger partial charge >= 0.3 is 0 Å². The SMILES string of the molecule is CC[C@@]1(O)CC[C@@]2(CC)c3cc4cnn(-c5ccc(F)cc5)c4cc3CCC[C@@H]2C1. The van der Waals surface area contributed by atoms with Crippen LogP contribution in [0.3, 0.4) is 0 Å². The average molecular weight is 407 g/mol. The van der Waals surface area contributed by atoms with Crippen LogP contribution in [0.1, 0.15) is 69.9 Å². The van der Waals surface area contributed by atoms with E-state index in [9.17, 15) is 9.50 Å². The first-order valence-electron chi connectivity index (χ1n) is 11.5. The number of hydrogen-bond acceptors (Lipinski definition) is 2. The largest absolute Gasteiger partial charge is 0.390 e. The summed E-state index contributed by atoms with van der Waals surface area (Å²) in [6, 6.07) is 11.2. The highest BCUT2D eigenvalue weighted by atomic mass is 19.1. The molecule has 0 saturated heterocycles. The van der Waals surface area contributed by atoms with E-state index >= 15 is 0 Å². The Balaban J connectivity index is 1.63. The first-order valence-corrected chi connectivity index (χ1v) is 11.5. The molecule has 0 aliphatic heterocycles. The van der Waals surface area contributed by atoms with Crippen molar-refractivity contribution < 1.29 is 9.50 Å². The van der Waals surface area contributed by atoms with Gasteiger partial charge in [0, 0.05) is 5.39 Å². The molecule has 5 rings (SSSR count). The summed E-state index contributed by atoms with van der Waals surface area (Å²) in [5, 5.41) is 16.8. The van der Waals surface area contributed by atoms with Gasteiger partial charge in [-0.25, -0.2) is 9.07 Å². The topological polar surface area (TPSA) is 38.1 Å². The lowest BCUT2D eigenvalue weighted by molar-refractivity contribution is -0.0505. The van der Waals surface area contributed by atoms with Crippen LogP contribution in [0.4, 0.5) is 4.39 Å². The molecule has 3 nitrogen and oxygen atoms in total. The summed E-state index contributed by atoms with van der Waals surface area (Å²) in [6.45, 7) is 4.45. The predicted octanol–water partition coefficient (Wildman–Crippen LogP) is 6.09. The molecule has 158 valence electrons. The van der Waals surface area contributed by atoms with Crippen molar-refractivity contribution in [3.05, 3.63) is 59.5 Å². The van der Waals surface area contributed by atoms with Gasteiger partial charge in [-0.3, -0.25) is 0 Å². The summed E-state index contributed by atoms with van der Waals surface area (Å²) in [6.07, 6.45) is 10.2. The van der Waals surface area contributed by atoms with Crippen LogP contribution < -0.4 is 0 Å². The molecule has 4 heteroatoms. The summed E-state index contributed by atoms with van der Waals surface area (Å²) < 4.78 is 15.3. The molecule has 1 aromatic heterocycles. The number of rotatable bonds is 3. The van der Waals surface area contributed by atoms with Crippen molar-refractivity contribution in [2.75, 3.05) is 0 Å². The third-order valence-electron chi connectivity index (χ3n) is 8.13. The summed E-state index contributed by atoms with van der Waals surface area (Å²) in [7, 11) is 0. The second kappa shape index (κ2) is 7.19. The molecule has 0 amide bonds. The third-order valence-corrected chi connectivity index (χ3v) is 8.13. The second-order valence-corrected chi connectivity index (χ2v) is 9.48. The van der Waals surface area contributed by atoms with Crippen LogP contribution in [0, 0.1) is 11.7 Å².